The lowest BCUT2D eigenvalue weighted by molar-refractivity contribution is -0.142. The number of hydrogen-bond acceptors (Lipinski definition) is 3. The fourth-order valence-corrected chi connectivity index (χ4v) is 3.25. The molecule has 2 heterocycles. The van der Waals surface area contributed by atoms with Crippen LogP contribution in [0.15, 0.2) is 30.3 Å². The molecule has 3 rings (SSSR count). The van der Waals surface area contributed by atoms with Crippen LogP contribution in [0.1, 0.15) is 34.1 Å². The van der Waals surface area contributed by atoms with Crippen molar-refractivity contribution in [2.75, 3.05) is 7.11 Å². The minimum Gasteiger partial charge on any atom is -0.469 e. The van der Waals surface area contributed by atoms with Crippen LogP contribution < -0.4 is 0 Å². The molecule has 22 heavy (non-hydrogen) atoms. The van der Waals surface area contributed by atoms with Crippen molar-refractivity contribution in [2.24, 2.45) is 0 Å². The molecule has 0 aliphatic carbocycles. The average Bonchev–Trinajstić information content (AvgIpc) is 3.04. The number of methoxy groups -OCH3 is 1. The van der Waals surface area contributed by atoms with Gasteiger partial charge in [-0.2, -0.15) is 0 Å². The summed E-state index contributed by atoms with van der Waals surface area (Å²) < 4.78 is 6.61. The number of hydrogen-bond donors (Lipinski definition) is 0. The number of rotatable bonds is 3. The zero-order chi connectivity index (χ0) is 15.9. The lowest BCUT2D eigenvalue weighted by atomic mass is 10.1. The molecule has 2 aromatic rings. The lowest BCUT2D eigenvalue weighted by Gasteiger charge is -2.07. The van der Waals surface area contributed by atoms with Crippen molar-refractivity contribution in [1.82, 2.24) is 4.57 Å². The second kappa shape index (κ2) is 5.78. The van der Waals surface area contributed by atoms with E-state index in [0.717, 1.165) is 5.69 Å². The quantitative estimate of drug-likeness (QED) is 0.634. The summed E-state index contributed by atoms with van der Waals surface area (Å²) >= 11 is 12.1. The van der Waals surface area contributed by atoms with Crippen LogP contribution in [0, 0.1) is 0 Å². The molecule has 0 N–H and O–H groups in total. The molecule has 0 amide bonds. The summed E-state index contributed by atoms with van der Waals surface area (Å²) in [5.41, 5.74) is 1.65. The van der Waals surface area contributed by atoms with E-state index < -0.39 is 0 Å². The molecule has 0 saturated carbocycles. The van der Waals surface area contributed by atoms with E-state index >= 15 is 0 Å². The van der Waals surface area contributed by atoms with Gasteiger partial charge >= 0.3 is 5.97 Å². The number of nitrogens with zero attached hydrogens (tertiary/aromatic N) is 1. The van der Waals surface area contributed by atoms with Gasteiger partial charge in [0.2, 0.25) is 5.78 Å². The lowest BCUT2D eigenvalue weighted by Crippen LogP contribution is -2.11. The molecular formula is C16H13Cl2NO3. The Bertz CT molecular complexity index is 749. The molecule has 114 valence electrons. The highest BCUT2D eigenvalue weighted by Crippen LogP contribution is 2.36. The number of aromatic nitrogens is 1. The minimum absolute atomic E-state index is 0.182. The Morgan fingerprint density at radius 3 is 2.55 bits per heavy atom. The Kier molecular flexibility index (Phi) is 3.98. The van der Waals surface area contributed by atoms with Crippen LogP contribution in [-0.2, 0) is 16.1 Å². The summed E-state index contributed by atoms with van der Waals surface area (Å²) in [5, 5.41) is 0.914. The van der Waals surface area contributed by atoms with E-state index in [0.29, 0.717) is 34.3 Å². The molecule has 0 radical (unpaired) electrons. The van der Waals surface area contributed by atoms with Gasteiger partial charge in [-0.3, -0.25) is 9.59 Å². The molecule has 1 aromatic carbocycles. The van der Waals surface area contributed by atoms with Crippen molar-refractivity contribution in [3.63, 3.8) is 0 Å². The molecule has 1 aliphatic heterocycles. The normalized spacial score (nSPS) is 16.4. The fraction of sp³-hybridized carbons (Fsp3) is 0.250. The van der Waals surface area contributed by atoms with Crippen molar-refractivity contribution >= 4 is 35.0 Å². The Morgan fingerprint density at radius 1 is 1.23 bits per heavy atom. The summed E-state index contributed by atoms with van der Waals surface area (Å²) in [6.45, 7) is 0.566. The van der Waals surface area contributed by atoms with Crippen molar-refractivity contribution in [3.05, 3.63) is 57.3 Å². The molecule has 0 bridgehead atoms. The summed E-state index contributed by atoms with van der Waals surface area (Å²) in [4.78, 5) is 24.5. The third kappa shape index (κ3) is 2.42. The second-order valence-corrected chi connectivity index (χ2v) is 5.96. The van der Waals surface area contributed by atoms with Gasteiger partial charge in [0.1, 0.15) is 5.69 Å². The van der Waals surface area contributed by atoms with Crippen LogP contribution in [0.25, 0.3) is 0 Å². The van der Waals surface area contributed by atoms with Crippen molar-refractivity contribution in [1.29, 1.82) is 0 Å². The van der Waals surface area contributed by atoms with E-state index in [-0.39, 0.29) is 17.7 Å². The monoisotopic (exact) mass is 337 g/mol. The second-order valence-electron chi connectivity index (χ2n) is 5.12. The number of carbonyl (C=O) groups is 2. The molecule has 1 atom stereocenters. The van der Waals surface area contributed by atoms with Crippen LogP contribution >= 0.6 is 23.2 Å². The first kappa shape index (κ1) is 15.1. The number of halogens is 2. The van der Waals surface area contributed by atoms with Crippen molar-refractivity contribution < 1.29 is 14.3 Å². The van der Waals surface area contributed by atoms with Crippen molar-refractivity contribution in [2.45, 2.75) is 18.9 Å². The number of ether oxygens (including phenoxy) is 1. The van der Waals surface area contributed by atoms with Gasteiger partial charge in [-0.25, -0.2) is 0 Å². The van der Waals surface area contributed by atoms with E-state index in [1.165, 1.54) is 7.11 Å². The van der Waals surface area contributed by atoms with Crippen LogP contribution in [0.5, 0.6) is 0 Å². The average molecular weight is 338 g/mol. The van der Waals surface area contributed by atoms with E-state index in [4.69, 9.17) is 27.9 Å². The maximum Gasteiger partial charge on any atom is 0.314 e. The van der Waals surface area contributed by atoms with Crippen LogP contribution in [0.4, 0.5) is 0 Å². The fourth-order valence-electron chi connectivity index (χ4n) is 2.82. The molecule has 4 nitrogen and oxygen atoms in total. The van der Waals surface area contributed by atoms with Gasteiger partial charge in [0.05, 0.1) is 18.1 Å². The van der Waals surface area contributed by atoms with Crippen LogP contribution in [-0.4, -0.2) is 23.4 Å². The SMILES string of the molecule is COC(=O)C1CCn2c1cc(Cl)c2C(=O)c1ccc(Cl)cc1. The number of fused-ring (bicyclic) bond motifs is 1. The van der Waals surface area contributed by atoms with Gasteiger partial charge in [0, 0.05) is 22.8 Å². The third-order valence-electron chi connectivity index (χ3n) is 3.89. The smallest absolute Gasteiger partial charge is 0.314 e. The topological polar surface area (TPSA) is 48.3 Å². The summed E-state index contributed by atoms with van der Waals surface area (Å²) in [6, 6.07) is 8.32. The molecule has 0 fully saturated rings. The Hall–Kier alpha value is -1.78. The zero-order valence-corrected chi connectivity index (χ0v) is 13.3. The maximum atomic E-state index is 12.7. The summed E-state index contributed by atoms with van der Waals surface area (Å²) in [7, 11) is 1.36. The first-order valence-corrected chi connectivity index (χ1v) is 7.55. The van der Waals surface area contributed by atoms with Gasteiger partial charge in [-0.15, -0.1) is 0 Å². The van der Waals surface area contributed by atoms with E-state index in [1.807, 2.05) is 0 Å². The van der Waals surface area contributed by atoms with Gasteiger partial charge < -0.3 is 9.30 Å². The van der Waals surface area contributed by atoms with Gasteiger partial charge in [-0.1, -0.05) is 23.2 Å². The molecule has 0 saturated heterocycles. The Labute approximate surface area is 137 Å². The molecule has 0 spiro atoms. The van der Waals surface area contributed by atoms with Gasteiger partial charge in [0.15, 0.2) is 0 Å². The van der Waals surface area contributed by atoms with Gasteiger partial charge in [0.25, 0.3) is 0 Å². The molecule has 1 aliphatic rings. The predicted octanol–water partition coefficient (Wildman–Crippen LogP) is 3.69. The highest BCUT2D eigenvalue weighted by atomic mass is 35.5. The molecule has 1 aromatic heterocycles. The minimum atomic E-state index is -0.366. The van der Waals surface area contributed by atoms with E-state index in [2.05, 4.69) is 0 Å². The van der Waals surface area contributed by atoms with Crippen LogP contribution in [0.3, 0.4) is 0 Å². The van der Waals surface area contributed by atoms with E-state index in [1.54, 1.807) is 34.9 Å². The number of esters is 1. The third-order valence-corrected chi connectivity index (χ3v) is 4.43. The highest BCUT2D eigenvalue weighted by molar-refractivity contribution is 6.35. The molecule has 6 heteroatoms. The maximum absolute atomic E-state index is 12.7. The van der Waals surface area contributed by atoms with Crippen molar-refractivity contribution in [3.8, 4) is 0 Å². The number of benzene rings is 1. The largest absolute Gasteiger partial charge is 0.469 e. The Morgan fingerprint density at radius 2 is 1.91 bits per heavy atom. The zero-order valence-electron chi connectivity index (χ0n) is 11.8. The first-order chi connectivity index (χ1) is 10.5. The van der Waals surface area contributed by atoms with E-state index in [9.17, 15) is 9.59 Å². The number of carbonyl (C=O) groups excluding carboxylic acids is 2. The highest BCUT2D eigenvalue weighted by Gasteiger charge is 2.34. The summed E-state index contributed by atoms with van der Waals surface area (Å²) in [6.07, 6.45) is 0.611. The summed E-state index contributed by atoms with van der Waals surface area (Å²) in [5.74, 6) is -0.855. The Balaban J connectivity index is 2.01. The molecular weight excluding hydrogens is 325 g/mol. The molecule has 1 unspecified atom stereocenters. The predicted molar refractivity (Wildman–Crippen MR) is 83.7 cm³/mol. The van der Waals surface area contributed by atoms with Crippen LogP contribution in [0.2, 0.25) is 10.0 Å². The number of ketones is 1. The first-order valence-electron chi connectivity index (χ1n) is 6.80. The standard InChI is InChI=1S/C16H13Cl2NO3/c1-22-16(21)11-6-7-19-13(11)8-12(18)14(19)15(20)9-2-4-10(17)5-3-9/h2-5,8,11H,6-7H2,1H3. The van der Waals surface area contributed by atoms with Gasteiger partial charge in [-0.05, 0) is 36.8 Å².